The van der Waals surface area contributed by atoms with Gasteiger partial charge in [-0.2, -0.15) is 0 Å². The molecule has 0 saturated carbocycles. The summed E-state index contributed by atoms with van der Waals surface area (Å²) in [4.78, 5) is 4.66. The van der Waals surface area contributed by atoms with Crippen LogP contribution in [0.5, 0.6) is 0 Å². The average Bonchev–Trinajstić information content (AvgIpc) is 3.61. The molecule has 0 bridgehead atoms. The average molecular weight is 635 g/mol. The first-order chi connectivity index (χ1) is 23.0. The first kappa shape index (κ1) is 31.5. The van der Waals surface area contributed by atoms with Crippen molar-refractivity contribution in [2.75, 3.05) is 16.8 Å². The van der Waals surface area contributed by atoms with E-state index in [1.54, 1.807) is 6.92 Å². The Morgan fingerprint density at radius 3 is 2.00 bits per heavy atom. The van der Waals surface area contributed by atoms with Crippen molar-refractivity contribution in [3.05, 3.63) is 166 Å². The summed E-state index contributed by atoms with van der Waals surface area (Å²) in [5.41, 5.74) is 12.0. The van der Waals surface area contributed by atoms with Gasteiger partial charge in [0.05, 0.1) is 11.3 Å². The monoisotopic (exact) mass is 634 g/mol. The summed E-state index contributed by atoms with van der Waals surface area (Å²) in [7, 11) is 2.16. The van der Waals surface area contributed by atoms with Gasteiger partial charge in [-0.15, -0.1) is 0 Å². The quantitative estimate of drug-likeness (QED) is 0.164. The van der Waals surface area contributed by atoms with Gasteiger partial charge in [-0.25, -0.2) is 0 Å². The Bertz CT molecular complexity index is 2020. The minimum Gasteiger partial charge on any atom is -0.374 e. The van der Waals surface area contributed by atoms with Gasteiger partial charge in [-0.05, 0) is 92.8 Å². The zero-order valence-corrected chi connectivity index (χ0v) is 28.7. The molecule has 48 heavy (non-hydrogen) atoms. The fraction of sp³-hybridized carbons (Fsp3) is 0.233. The third-order valence-electron chi connectivity index (χ3n) is 10.2. The summed E-state index contributed by atoms with van der Waals surface area (Å²) >= 11 is 0. The Morgan fingerprint density at radius 2 is 1.35 bits per heavy atom. The Kier molecular flexibility index (Phi) is 7.76. The van der Waals surface area contributed by atoms with Gasteiger partial charge in [-0.1, -0.05) is 91.7 Å². The number of fused-ring (bicyclic) bond motifs is 2. The summed E-state index contributed by atoms with van der Waals surface area (Å²) in [6.07, 6.45) is 10.3. The Labute approximate surface area is 284 Å². The highest BCUT2D eigenvalue weighted by Crippen LogP contribution is 2.48. The second-order valence-electron chi connectivity index (χ2n) is 14.0. The molecule has 0 fully saturated rings. The third kappa shape index (κ3) is 5.19. The maximum atomic E-state index is 11.7. The van der Waals surface area contributed by atoms with Gasteiger partial charge in [0, 0.05) is 52.1 Å². The van der Waals surface area contributed by atoms with Crippen molar-refractivity contribution in [2.45, 2.75) is 58.5 Å². The number of aliphatic hydroxyl groups is 1. The predicted molar refractivity (Wildman–Crippen MR) is 197 cm³/mol. The number of nitrogens with zero attached hydrogens (tertiary/aromatic N) is 3. The van der Waals surface area contributed by atoms with Crippen molar-refractivity contribution in [3.8, 4) is 0 Å². The molecular weight excluding hydrogens is 590 g/mol. The van der Waals surface area contributed by atoms with Crippen molar-refractivity contribution < 1.29 is 15.1 Å². The Hall–Kier alpha value is -5.13. The maximum absolute atomic E-state index is 11.7. The molecule has 4 aromatic rings. The van der Waals surface area contributed by atoms with Crippen molar-refractivity contribution in [3.63, 3.8) is 0 Å². The topological polar surface area (TPSA) is 50.0 Å². The first-order valence-electron chi connectivity index (χ1n) is 16.8. The highest BCUT2D eigenvalue weighted by molar-refractivity contribution is 6.02. The van der Waals surface area contributed by atoms with E-state index in [1.807, 2.05) is 43.3 Å². The van der Waals surface area contributed by atoms with Gasteiger partial charge in [0.1, 0.15) is 0 Å². The summed E-state index contributed by atoms with van der Waals surface area (Å²) < 4.78 is 1.13. The molecule has 0 radical (unpaired) electrons. The van der Waals surface area contributed by atoms with E-state index >= 15 is 0 Å². The van der Waals surface area contributed by atoms with E-state index < -0.39 is 5.60 Å². The molecular formula is C43H44N3O2+. The van der Waals surface area contributed by atoms with Gasteiger partial charge in [0.25, 0.3) is 11.4 Å². The van der Waals surface area contributed by atoms with Crippen LogP contribution in [0.3, 0.4) is 0 Å². The number of rotatable bonds is 6. The molecule has 0 spiro atoms. The van der Waals surface area contributed by atoms with Crippen LogP contribution in [-0.2, 0) is 11.0 Å². The van der Waals surface area contributed by atoms with Crippen molar-refractivity contribution >= 4 is 28.5 Å². The molecule has 2 aliphatic heterocycles. The van der Waals surface area contributed by atoms with Gasteiger partial charge < -0.3 is 14.9 Å². The second kappa shape index (κ2) is 11.8. The number of hydrogen-bond acceptors (Lipinski definition) is 4. The van der Waals surface area contributed by atoms with Crippen LogP contribution in [0, 0.1) is 13.8 Å². The maximum Gasteiger partial charge on any atom is 0.270 e. The number of hydrogen-bond donors (Lipinski definition) is 2. The number of anilines is 3. The van der Waals surface area contributed by atoms with E-state index in [0.717, 1.165) is 45.8 Å². The van der Waals surface area contributed by atoms with Crippen LogP contribution in [-0.4, -0.2) is 27.8 Å². The van der Waals surface area contributed by atoms with Crippen LogP contribution in [0.1, 0.15) is 55.9 Å². The number of para-hydroxylation sites is 2. The number of allylic oxidation sites excluding steroid dienone is 6. The van der Waals surface area contributed by atoms with E-state index in [4.69, 9.17) is 0 Å². The van der Waals surface area contributed by atoms with E-state index in [-0.39, 0.29) is 5.41 Å². The first-order valence-corrected chi connectivity index (χ1v) is 16.8. The SMILES string of the molecule is Cc1ccc2c(c1)C(C)(O)C(/C=C/C1=C(N(c3ccccc3)c3ccccc3)C(=C/C=C3/N(C)c4ccc(C)cc4C3(C)C)/CC1)=[N+]2O. The lowest BCUT2D eigenvalue weighted by molar-refractivity contribution is -0.711. The molecule has 1 aliphatic carbocycles. The lowest BCUT2D eigenvalue weighted by Gasteiger charge is -2.29. The summed E-state index contributed by atoms with van der Waals surface area (Å²) in [5, 5.41) is 22.9. The third-order valence-corrected chi connectivity index (χ3v) is 10.2. The lowest BCUT2D eigenvalue weighted by Crippen LogP contribution is -2.30. The normalized spacial score (nSPS) is 21.6. The van der Waals surface area contributed by atoms with Crippen LogP contribution in [0.25, 0.3) is 0 Å². The van der Waals surface area contributed by atoms with E-state index in [0.29, 0.717) is 17.0 Å². The van der Waals surface area contributed by atoms with Crippen LogP contribution in [0.15, 0.2) is 144 Å². The van der Waals surface area contributed by atoms with E-state index in [9.17, 15) is 10.3 Å². The van der Waals surface area contributed by atoms with Crippen LogP contribution in [0.2, 0.25) is 0 Å². The second-order valence-corrected chi connectivity index (χ2v) is 14.0. The van der Waals surface area contributed by atoms with Crippen molar-refractivity contribution in [1.29, 1.82) is 0 Å². The summed E-state index contributed by atoms with van der Waals surface area (Å²) in [6.45, 7) is 10.5. The molecule has 0 saturated heterocycles. The van der Waals surface area contributed by atoms with Gasteiger partial charge >= 0.3 is 0 Å². The van der Waals surface area contributed by atoms with Gasteiger partial charge in [0.2, 0.25) is 0 Å². The summed E-state index contributed by atoms with van der Waals surface area (Å²) in [6, 6.07) is 33.5. The zero-order chi connectivity index (χ0) is 33.8. The number of likely N-dealkylation sites (N-methyl/N-ethyl adjacent to an activating group) is 1. The highest BCUT2D eigenvalue weighted by Gasteiger charge is 2.48. The number of aryl methyl sites for hydroxylation is 2. The molecule has 1 unspecified atom stereocenters. The molecule has 3 aliphatic rings. The smallest absolute Gasteiger partial charge is 0.270 e. The highest BCUT2D eigenvalue weighted by atomic mass is 16.5. The van der Waals surface area contributed by atoms with Crippen LogP contribution >= 0.6 is 0 Å². The Balaban J connectivity index is 1.38. The minimum atomic E-state index is -1.33. The molecule has 1 atom stereocenters. The largest absolute Gasteiger partial charge is 0.374 e. The fourth-order valence-electron chi connectivity index (χ4n) is 7.63. The molecule has 2 N–H and O–H groups in total. The predicted octanol–water partition coefficient (Wildman–Crippen LogP) is 9.68. The molecule has 5 heteroatoms. The van der Waals surface area contributed by atoms with E-state index in [1.165, 1.54) is 28.1 Å². The molecule has 0 aromatic heterocycles. The molecule has 5 nitrogen and oxygen atoms in total. The molecule has 2 heterocycles. The van der Waals surface area contributed by atoms with Gasteiger partial charge in [-0.3, -0.25) is 5.21 Å². The van der Waals surface area contributed by atoms with Crippen molar-refractivity contribution in [2.24, 2.45) is 0 Å². The molecule has 0 amide bonds. The number of benzene rings is 4. The minimum absolute atomic E-state index is 0.139. The standard InChI is InChI=1S/C43H44N3O2/c1-29-17-23-37-35(27-29)42(3,4)39(44(37)6)25-21-31-19-20-32(22-26-40-43(5,47)36-28-30(2)18-24-38(36)46(40)48)41(31)45(33-13-9-7-10-14-33)34-15-11-8-12-16-34/h7-18,21-28,47-48H,19-20H2,1-6H3/q+1. The molecule has 4 aromatic carbocycles. The van der Waals surface area contributed by atoms with Crippen molar-refractivity contribution in [1.82, 2.24) is 0 Å². The van der Waals surface area contributed by atoms with Crippen LogP contribution < -0.4 is 9.80 Å². The van der Waals surface area contributed by atoms with E-state index in [2.05, 4.69) is 123 Å². The van der Waals surface area contributed by atoms with Crippen LogP contribution in [0.4, 0.5) is 22.7 Å². The Morgan fingerprint density at radius 1 is 0.750 bits per heavy atom. The molecule has 242 valence electrons. The summed E-state index contributed by atoms with van der Waals surface area (Å²) in [5.74, 6) is 0. The lowest BCUT2D eigenvalue weighted by atomic mass is 9.83. The molecule has 7 rings (SSSR count). The fourth-order valence-corrected chi connectivity index (χ4v) is 7.63. The van der Waals surface area contributed by atoms with Gasteiger partial charge in [0.15, 0.2) is 5.60 Å². The zero-order valence-electron chi connectivity index (χ0n) is 28.7.